The zero-order valence-electron chi connectivity index (χ0n) is 10.9. The predicted octanol–water partition coefficient (Wildman–Crippen LogP) is 2.17. The molecule has 96 valence electrons. The third kappa shape index (κ3) is 3.22. The van der Waals surface area contributed by atoms with Gasteiger partial charge in [-0.25, -0.2) is 0 Å². The minimum Gasteiger partial charge on any atom is -0.384 e. The molecule has 0 aromatic carbocycles. The van der Waals surface area contributed by atoms with Crippen molar-refractivity contribution in [2.45, 2.75) is 52.1 Å². The summed E-state index contributed by atoms with van der Waals surface area (Å²) in [5.74, 6) is 0. The SMILES string of the molecule is CC(C)(C)C[C@H]1C[C@@H](n2occc2=O)CCN1. The number of aromatic nitrogens is 1. The number of hydrogen-bond acceptors (Lipinski definition) is 3. The summed E-state index contributed by atoms with van der Waals surface area (Å²) in [6, 6.07) is 2.18. The van der Waals surface area contributed by atoms with Crippen molar-refractivity contribution in [3.8, 4) is 0 Å². The molecule has 4 heteroatoms. The van der Waals surface area contributed by atoms with Gasteiger partial charge in [-0.1, -0.05) is 20.8 Å². The quantitative estimate of drug-likeness (QED) is 0.859. The summed E-state index contributed by atoms with van der Waals surface area (Å²) in [6.45, 7) is 7.70. The lowest BCUT2D eigenvalue weighted by atomic mass is 9.84. The highest BCUT2D eigenvalue weighted by Crippen LogP contribution is 2.28. The van der Waals surface area contributed by atoms with Gasteiger partial charge in [0.25, 0.3) is 5.56 Å². The Morgan fingerprint density at radius 3 is 2.88 bits per heavy atom. The van der Waals surface area contributed by atoms with Crippen LogP contribution < -0.4 is 10.9 Å². The summed E-state index contributed by atoms with van der Waals surface area (Å²) in [4.78, 5) is 11.6. The Labute approximate surface area is 102 Å². The number of nitrogens with one attached hydrogen (secondary N) is 1. The van der Waals surface area contributed by atoms with Crippen LogP contribution >= 0.6 is 0 Å². The molecule has 1 saturated heterocycles. The second kappa shape index (κ2) is 4.69. The van der Waals surface area contributed by atoms with E-state index in [4.69, 9.17) is 4.52 Å². The molecule has 17 heavy (non-hydrogen) atoms. The molecule has 2 atom stereocenters. The lowest BCUT2D eigenvalue weighted by molar-refractivity contribution is 0.146. The Hall–Kier alpha value is -1.03. The minimum atomic E-state index is -0.0218. The third-order valence-corrected chi connectivity index (χ3v) is 3.26. The largest absolute Gasteiger partial charge is 0.384 e. The standard InChI is InChI=1S/C13H22N2O2/c1-13(2,3)9-10-8-11(4-6-14-10)15-12(16)5-7-17-15/h5,7,10-11,14H,4,6,8-9H2,1-3H3/t10-,11+/m1/s1. The maximum atomic E-state index is 11.6. The van der Waals surface area contributed by atoms with Crippen LogP contribution in [0.5, 0.6) is 0 Å². The normalized spacial score (nSPS) is 26.1. The van der Waals surface area contributed by atoms with Crippen molar-refractivity contribution < 1.29 is 4.52 Å². The van der Waals surface area contributed by atoms with Crippen LogP contribution in [0.2, 0.25) is 0 Å². The molecule has 0 radical (unpaired) electrons. The average molecular weight is 238 g/mol. The van der Waals surface area contributed by atoms with Crippen molar-refractivity contribution >= 4 is 0 Å². The van der Waals surface area contributed by atoms with Crippen molar-refractivity contribution in [2.24, 2.45) is 5.41 Å². The summed E-state index contributed by atoms with van der Waals surface area (Å²) in [5.41, 5.74) is 0.291. The maximum Gasteiger partial charge on any atom is 0.282 e. The lowest BCUT2D eigenvalue weighted by Crippen LogP contribution is -2.42. The van der Waals surface area contributed by atoms with E-state index in [0.717, 1.165) is 25.8 Å². The molecule has 1 aromatic heterocycles. The number of rotatable bonds is 2. The predicted molar refractivity (Wildman–Crippen MR) is 67.1 cm³/mol. The molecular formula is C13H22N2O2. The van der Waals surface area contributed by atoms with Crippen LogP contribution in [0.3, 0.4) is 0 Å². The summed E-state index contributed by atoms with van der Waals surface area (Å²) in [7, 11) is 0. The number of piperidine rings is 1. The van der Waals surface area contributed by atoms with Gasteiger partial charge in [0, 0.05) is 12.1 Å². The molecule has 1 fully saturated rings. The van der Waals surface area contributed by atoms with E-state index in [1.807, 2.05) is 0 Å². The molecule has 1 aliphatic heterocycles. The second-order valence-electron chi connectivity index (χ2n) is 6.17. The zero-order valence-corrected chi connectivity index (χ0v) is 10.9. The Morgan fingerprint density at radius 1 is 1.53 bits per heavy atom. The summed E-state index contributed by atoms with van der Waals surface area (Å²) in [6.07, 6.45) is 4.54. The fourth-order valence-corrected chi connectivity index (χ4v) is 2.64. The first-order chi connectivity index (χ1) is 7.96. The van der Waals surface area contributed by atoms with E-state index in [9.17, 15) is 4.79 Å². The van der Waals surface area contributed by atoms with E-state index in [1.54, 1.807) is 0 Å². The molecule has 1 aromatic rings. The average Bonchev–Trinajstić information content (AvgIpc) is 2.62. The number of nitrogens with zero attached hydrogens (tertiary/aromatic N) is 1. The molecule has 2 rings (SSSR count). The van der Waals surface area contributed by atoms with Gasteiger partial charge < -0.3 is 9.84 Å². The van der Waals surface area contributed by atoms with Crippen molar-refractivity contribution in [3.63, 3.8) is 0 Å². The number of hydrogen-bond donors (Lipinski definition) is 1. The molecule has 2 heterocycles. The topological polar surface area (TPSA) is 47.2 Å². The van der Waals surface area contributed by atoms with Gasteiger partial charge in [0.1, 0.15) is 6.26 Å². The van der Waals surface area contributed by atoms with Crippen LogP contribution in [0.15, 0.2) is 21.6 Å². The van der Waals surface area contributed by atoms with E-state index < -0.39 is 0 Å². The molecule has 1 aliphatic rings. The fraction of sp³-hybridized carbons (Fsp3) is 0.769. The summed E-state index contributed by atoms with van der Waals surface area (Å²) >= 11 is 0. The van der Waals surface area contributed by atoms with E-state index in [-0.39, 0.29) is 11.6 Å². The van der Waals surface area contributed by atoms with E-state index >= 15 is 0 Å². The first-order valence-corrected chi connectivity index (χ1v) is 6.35. The van der Waals surface area contributed by atoms with Crippen molar-refractivity contribution in [2.75, 3.05) is 6.54 Å². The second-order valence-corrected chi connectivity index (χ2v) is 6.17. The highest BCUT2D eigenvalue weighted by Gasteiger charge is 2.27. The van der Waals surface area contributed by atoms with E-state index in [2.05, 4.69) is 26.1 Å². The highest BCUT2D eigenvalue weighted by atomic mass is 16.5. The van der Waals surface area contributed by atoms with Crippen molar-refractivity contribution in [3.05, 3.63) is 22.7 Å². The smallest absolute Gasteiger partial charge is 0.282 e. The minimum absolute atomic E-state index is 0.0218. The zero-order chi connectivity index (χ0) is 12.5. The molecule has 0 amide bonds. The Bertz CT molecular complexity index is 414. The van der Waals surface area contributed by atoms with Gasteiger partial charge in [-0.15, -0.1) is 0 Å². The van der Waals surface area contributed by atoms with Gasteiger partial charge in [0.15, 0.2) is 0 Å². The van der Waals surface area contributed by atoms with E-state index in [0.29, 0.717) is 11.5 Å². The van der Waals surface area contributed by atoms with Crippen LogP contribution in [0.4, 0.5) is 0 Å². The molecular weight excluding hydrogens is 216 g/mol. The van der Waals surface area contributed by atoms with Gasteiger partial charge in [0.05, 0.1) is 6.04 Å². The van der Waals surface area contributed by atoms with Crippen LogP contribution in [-0.2, 0) is 0 Å². The molecule has 0 aliphatic carbocycles. The van der Waals surface area contributed by atoms with Gasteiger partial charge in [-0.05, 0) is 31.2 Å². The fourth-order valence-electron chi connectivity index (χ4n) is 2.64. The van der Waals surface area contributed by atoms with Crippen LogP contribution in [0, 0.1) is 5.41 Å². The van der Waals surface area contributed by atoms with Crippen molar-refractivity contribution in [1.82, 2.24) is 10.1 Å². The Morgan fingerprint density at radius 2 is 2.29 bits per heavy atom. The molecule has 0 bridgehead atoms. The molecule has 1 N–H and O–H groups in total. The highest BCUT2D eigenvalue weighted by molar-refractivity contribution is 4.87. The first-order valence-electron chi connectivity index (χ1n) is 6.35. The Balaban J connectivity index is 2.03. The van der Waals surface area contributed by atoms with Gasteiger partial charge >= 0.3 is 0 Å². The van der Waals surface area contributed by atoms with Gasteiger partial charge in [0.2, 0.25) is 0 Å². The third-order valence-electron chi connectivity index (χ3n) is 3.26. The molecule has 0 saturated carbocycles. The van der Waals surface area contributed by atoms with Gasteiger partial charge in [-0.2, -0.15) is 4.74 Å². The van der Waals surface area contributed by atoms with E-state index in [1.165, 1.54) is 17.1 Å². The molecule has 4 nitrogen and oxygen atoms in total. The summed E-state index contributed by atoms with van der Waals surface area (Å²) in [5, 5.41) is 3.53. The molecule has 0 spiro atoms. The van der Waals surface area contributed by atoms with Crippen LogP contribution in [-0.4, -0.2) is 17.3 Å². The van der Waals surface area contributed by atoms with Crippen LogP contribution in [0.1, 0.15) is 46.1 Å². The van der Waals surface area contributed by atoms with Crippen molar-refractivity contribution in [1.29, 1.82) is 0 Å². The Kier molecular flexibility index (Phi) is 3.43. The lowest BCUT2D eigenvalue weighted by Gasteiger charge is -2.33. The first kappa shape index (κ1) is 12.4. The maximum absolute atomic E-state index is 11.6. The van der Waals surface area contributed by atoms with Crippen LogP contribution in [0.25, 0.3) is 0 Å². The molecule has 0 unspecified atom stereocenters. The van der Waals surface area contributed by atoms with Gasteiger partial charge in [-0.3, -0.25) is 4.79 Å². The monoisotopic (exact) mass is 238 g/mol. The summed E-state index contributed by atoms with van der Waals surface area (Å²) < 4.78 is 6.78.